The van der Waals surface area contributed by atoms with Crippen LogP contribution in [0.3, 0.4) is 0 Å². The SMILES string of the molecule is CN(C)P(=NC1(N=P(N(C)C)(N(C)C)N(C)C)NCCCN1)(N(C)C)N(C)C. The van der Waals surface area contributed by atoms with Gasteiger partial charge in [0.15, 0.2) is 15.0 Å². The van der Waals surface area contributed by atoms with E-state index in [1.165, 1.54) is 0 Å². The predicted octanol–water partition coefficient (Wildman–Crippen LogP) is 1.44. The first kappa shape index (κ1) is 26.2. The molecule has 0 spiro atoms. The largest absolute Gasteiger partial charge is 0.268 e. The van der Waals surface area contributed by atoms with Crippen LogP contribution in [0.25, 0.3) is 0 Å². The van der Waals surface area contributed by atoms with Crippen molar-refractivity contribution in [2.45, 2.75) is 12.3 Å². The number of rotatable bonds is 8. The first-order valence-electron chi connectivity index (χ1n) is 9.62. The summed E-state index contributed by atoms with van der Waals surface area (Å²) in [5, 5.41) is 7.25. The van der Waals surface area contributed by atoms with Gasteiger partial charge in [0.05, 0.1) is 0 Å². The van der Waals surface area contributed by atoms with E-state index in [9.17, 15) is 0 Å². The lowest BCUT2D eigenvalue weighted by atomic mass is 10.3. The molecule has 2 N–H and O–H groups in total. The number of nitrogens with one attached hydrogen (secondary N) is 2. The predicted molar refractivity (Wildman–Crippen MR) is 124 cm³/mol. The third-order valence-electron chi connectivity index (χ3n) is 4.87. The maximum Gasteiger partial charge on any atom is 0.268 e. The Balaban J connectivity index is 3.95. The highest BCUT2D eigenvalue weighted by Crippen LogP contribution is 2.60. The summed E-state index contributed by atoms with van der Waals surface area (Å²) in [6.45, 7) is 1.76. The fourth-order valence-corrected chi connectivity index (χ4v) is 10.5. The average molecular weight is 439 g/mol. The molecule has 0 aromatic heterocycles. The fraction of sp³-hybridized carbons (Fsp3) is 1.00. The summed E-state index contributed by atoms with van der Waals surface area (Å²) in [7, 11) is 20.9. The third-order valence-corrected chi connectivity index (χ3v) is 12.4. The van der Waals surface area contributed by atoms with E-state index in [0.717, 1.165) is 19.5 Å². The van der Waals surface area contributed by atoms with Crippen molar-refractivity contribution in [1.82, 2.24) is 38.7 Å². The monoisotopic (exact) mass is 438 g/mol. The lowest BCUT2D eigenvalue weighted by molar-refractivity contribution is 0.237. The number of nitrogens with zero attached hydrogens (tertiary/aromatic N) is 8. The molecule has 168 valence electrons. The molecule has 1 aliphatic rings. The quantitative estimate of drug-likeness (QED) is 0.552. The van der Waals surface area contributed by atoms with Gasteiger partial charge in [0, 0.05) is 13.1 Å². The average Bonchev–Trinajstić information content (AvgIpc) is 2.56. The summed E-state index contributed by atoms with van der Waals surface area (Å²) in [6.07, 6.45) is 1.06. The second-order valence-corrected chi connectivity index (χ2v) is 15.6. The molecule has 0 aromatic rings. The Labute approximate surface area is 173 Å². The normalized spacial score (nSPS) is 18.8. The maximum atomic E-state index is 5.48. The van der Waals surface area contributed by atoms with E-state index in [0.29, 0.717) is 0 Å². The van der Waals surface area contributed by atoms with Gasteiger partial charge in [-0.3, -0.25) is 38.7 Å². The van der Waals surface area contributed by atoms with Crippen LogP contribution >= 0.6 is 15.0 Å². The highest BCUT2D eigenvalue weighted by atomic mass is 31.2. The molecule has 0 aromatic carbocycles. The van der Waals surface area contributed by atoms with Crippen molar-refractivity contribution in [3.63, 3.8) is 0 Å². The Morgan fingerprint density at radius 2 is 0.786 bits per heavy atom. The van der Waals surface area contributed by atoms with Crippen molar-refractivity contribution >= 4 is 15.0 Å². The van der Waals surface area contributed by atoms with Gasteiger partial charge in [0.1, 0.15) is 0 Å². The first-order chi connectivity index (χ1) is 12.8. The van der Waals surface area contributed by atoms with Crippen molar-refractivity contribution in [1.29, 1.82) is 0 Å². The molecular weight excluding hydrogens is 394 g/mol. The summed E-state index contributed by atoms with van der Waals surface area (Å²) in [5.74, 6) is -0.864. The minimum atomic E-state index is -2.15. The first-order valence-corrected chi connectivity index (χ1v) is 12.8. The fourth-order valence-electron chi connectivity index (χ4n) is 3.91. The zero-order valence-corrected chi connectivity index (χ0v) is 21.9. The van der Waals surface area contributed by atoms with Gasteiger partial charge in [-0.15, -0.1) is 0 Å². The molecule has 0 aliphatic carbocycles. The lowest BCUT2D eigenvalue weighted by Gasteiger charge is -2.48. The summed E-state index contributed by atoms with van der Waals surface area (Å²) in [4.78, 5) is 0. The van der Waals surface area contributed by atoms with E-state index in [1.807, 2.05) is 0 Å². The minimum Gasteiger partial charge on any atom is -0.261 e. The molecule has 0 bridgehead atoms. The van der Waals surface area contributed by atoms with Crippen molar-refractivity contribution in [2.24, 2.45) is 9.49 Å². The van der Waals surface area contributed by atoms with Gasteiger partial charge >= 0.3 is 0 Å². The molecule has 0 atom stereocenters. The Morgan fingerprint density at radius 1 is 0.536 bits per heavy atom. The highest BCUT2D eigenvalue weighted by Gasteiger charge is 2.42. The highest BCUT2D eigenvalue weighted by molar-refractivity contribution is 7.59. The van der Waals surface area contributed by atoms with Gasteiger partial charge in [-0.25, -0.2) is 9.49 Å². The van der Waals surface area contributed by atoms with Crippen LogP contribution in [0.15, 0.2) is 9.49 Å². The molecule has 1 saturated heterocycles. The van der Waals surface area contributed by atoms with E-state index < -0.39 is 20.9 Å². The molecule has 0 saturated carbocycles. The van der Waals surface area contributed by atoms with Gasteiger partial charge in [-0.1, -0.05) is 0 Å². The van der Waals surface area contributed by atoms with Crippen molar-refractivity contribution in [3.05, 3.63) is 0 Å². The van der Waals surface area contributed by atoms with E-state index in [-0.39, 0.29) is 0 Å². The molecule has 1 aliphatic heterocycles. The lowest BCUT2D eigenvalue weighted by Crippen LogP contribution is -2.59. The molecule has 1 fully saturated rings. The molecule has 0 amide bonds. The van der Waals surface area contributed by atoms with Crippen LogP contribution in [-0.2, 0) is 0 Å². The van der Waals surface area contributed by atoms with Gasteiger partial charge in [-0.05, 0) is 91.0 Å². The molecule has 1 heterocycles. The number of hydrogen-bond acceptors (Lipinski definition) is 4. The van der Waals surface area contributed by atoms with Gasteiger partial charge in [-0.2, -0.15) is 0 Å². The maximum absolute atomic E-state index is 5.48. The standard InChI is InChI=1S/C16H44N10P2/c1-21(2)27(22(3)4,23(5)6)19-16(17-14-13-15-18-16)20-28(24(7)8,25(9)10)26(11)12/h17-18H,13-15H2,1-12H3. The Kier molecular flexibility index (Phi) is 9.32. The molecule has 12 heteroatoms. The van der Waals surface area contributed by atoms with E-state index in [4.69, 9.17) is 9.49 Å². The van der Waals surface area contributed by atoms with E-state index in [1.54, 1.807) is 0 Å². The van der Waals surface area contributed by atoms with Crippen LogP contribution in [-0.4, -0.2) is 132 Å². The molecule has 28 heavy (non-hydrogen) atoms. The molecule has 0 unspecified atom stereocenters. The summed E-state index contributed by atoms with van der Waals surface area (Å²) < 4.78 is 24.3. The molecule has 0 radical (unpaired) electrons. The summed E-state index contributed by atoms with van der Waals surface area (Å²) >= 11 is 0. The van der Waals surface area contributed by atoms with Crippen LogP contribution in [0.1, 0.15) is 6.42 Å². The van der Waals surface area contributed by atoms with Gasteiger partial charge < -0.3 is 0 Å². The van der Waals surface area contributed by atoms with Crippen molar-refractivity contribution in [2.75, 3.05) is 97.7 Å². The van der Waals surface area contributed by atoms with Crippen LogP contribution in [0.4, 0.5) is 0 Å². The van der Waals surface area contributed by atoms with Crippen LogP contribution in [0.2, 0.25) is 0 Å². The zero-order chi connectivity index (χ0) is 21.9. The summed E-state index contributed by atoms with van der Waals surface area (Å²) in [5.41, 5.74) is 0. The van der Waals surface area contributed by atoms with Gasteiger partial charge in [0.25, 0.3) is 5.91 Å². The van der Waals surface area contributed by atoms with Crippen LogP contribution in [0.5, 0.6) is 0 Å². The topological polar surface area (TPSA) is 68.2 Å². The Hall–Kier alpha value is 0.140. The van der Waals surface area contributed by atoms with E-state index in [2.05, 4.69) is 123 Å². The third kappa shape index (κ3) is 4.89. The van der Waals surface area contributed by atoms with Crippen molar-refractivity contribution < 1.29 is 0 Å². The molecule has 10 nitrogen and oxygen atoms in total. The Bertz CT molecular complexity index is 503. The molecular formula is C16H44N10P2. The van der Waals surface area contributed by atoms with Crippen LogP contribution in [0, 0.1) is 0 Å². The van der Waals surface area contributed by atoms with Gasteiger partial charge in [0.2, 0.25) is 0 Å². The second kappa shape index (κ2) is 9.96. The van der Waals surface area contributed by atoms with Crippen LogP contribution < -0.4 is 10.6 Å². The van der Waals surface area contributed by atoms with E-state index >= 15 is 0 Å². The Morgan fingerprint density at radius 3 is 1.00 bits per heavy atom. The number of hydrogen-bond donors (Lipinski definition) is 2. The van der Waals surface area contributed by atoms with Crippen molar-refractivity contribution in [3.8, 4) is 0 Å². The summed E-state index contributed by atoms with van der Waals surface area (Å²) in [6, 6.07) is 0. The minimum absolute atomic E-state index is 0.864. The molecule has 1 rings (SSSR count). The second-order valence-electron chi connectivity index (χ2n) is 8.24. The zero-order valence-electron chi connectivity index (χ0n) is 20.1. The smallest absolute Gasteiger partial charge is 0.261 e.